The number of carbonyl (C=O) groups excluding carboxylic acids is 1. The molecule has 0 aliphatic heterocycles. The number of amides is 1. The van der Waals surface area contributed by atoms with Crippen molar-refractivity contribution < 1.29 is 9.32 Å². The van der Waals surface area contributed by atoms with Crippen LogP contribution in [0.2, 0.25) is 0 Å². The van der Waals surface area contributed by atoms with Gasteiger partial charge in [-0.05, 0) is 37.5 Å². The van der Waals surface area contributed by atoms with Gasteiger partial charge >= 0.3 is 0 Å². The maximum absolute atomic E-state index is 12.5. The highest BCUT2D eigenvalue weighted by atomic mass is 16.5. The third-order valence-corrected chi connectivity index (χ3v) is 3.80. The molecule has 0 atom stereocenters. The monoisotopic (exact) mass is 321 g/mol. The standard InChI is InChI=1S/C19H19N3O2/c1-14-17(18(22-24-14)16-10-6-11-20-13-16)19(23)21-12-5-9-15-7-3-2-4-8-15/h2-4,6-8,10-11,13H,5,9,12H2,1H3,(H,21,23). The summed E-state index contributed by atoms with van der Waals surface area (Å²) in [6.07, 6.45) is 5.16. The van der Waals surface area contributed by atoms with E-state index in [0.717, 1.165) is 18.4 Å². The van der Waals surface area contributed by atoms with E-state index in [4.69, 9.17) is 4.52 Å². The number of aromatic nitrogens is 2. The van der Waals surface area contributed by atoms with Crippen LogP contribution in [0.3, 0.4) is 0 Å². The molecule has 0 radical (unpaired) electrons. The first-order valence-electron chi connectivity index (χ1n) is 7.94. The summed E-state index contributed by atoms with van der Waals surface area (Å²) in [5.74, 6) is 0.343. The molecule has 3 aromatic rings. The number of nitrogens with one attached hydrogen (secondary N) is 1. The van der Waals surface area contributed by atoms with Gasteiger partial charge in [0.1, 0.15) is 17.0 Å². The second-order valence-electron chi connectivity index (χ2n) is 5.55. The van der Waals surface area contributed by atoms with Crippen LogP contribution in [0, 0.1) is 6.92 Å². The molecule has 2 aromatic heterocycles. The number of pyridine rings is 1. The van der Waals surface area contributed by atoms with E-state index in [1.807, 2.05) is 24.3 Å². The second kappa shape index (κ2) is 7.55. The Kier molecular flexibility index (Phi) is 5.01. The Morgan fingerprint density at radius 2 is 2.00 bits per heavy atom. The Morgan fingerprint density at radius 1 is 1.17 bits per heavy atom. The van der Waals surface area contributed by atoms with Crippen molar-refractivity contribution in [2.45, 2.75) is 19.8 Å². The van der Waals surface area contributed by atoms with Crippen molar-refractivity contribution in [3.05, 3.63) is 71.7 Å². The highest BCUT2D eigenvalue weighted by Gasteiger charge is 2.21. The summed E-state index contributed by atoms with van der Waals surface area (Å²) in [4.78, 5) is 16.6. The van der Waals surface area contributed by atoms with E-state index in [1.54, 1.807) is 25.4 Å². The first-order valence-corrected chi connectivity index (χ1v) is 7.94. The fourth-order valence-electron chi connectivity index (χ4n) is 2.57. The molecule has 0 aliphatic carbocycles. The molecule has 0 aliphatic rings. The van der Waals surface area contributed by atoms with Gasteiger partial charge in [0.05, 0.1) is 0 Å². The summed E-state index contributed by atoms with van der Waals surface area (Å²) in [7, 11) is 0. The Hall–Kier alpha value is -2.95. The van der Waals surface area contributed by atoms with Crippen LogP contribution in [0.15, 0.2) is 59.4 Å². The minimum Gasteiger partial charge on any atom is -0.360 e. The molecule has 0 saturated heterocycles. The molecule has 5 heteroatoms. The van der Waals surface area contributed by atoms with Crippen LogP contribution in [-0.2, 0) is 6.42 Å². The molecule has 0 bridgehead atoms. The van der Waals surface area contributed by atoms with Crippen LogP contribution in [0.25, 0.3) is 11.3 Å². The number of benzene rings is 1. The lowest BCUT2D eigenvalue weighted by molar-refractivity contribution is 0.0952. The molecular formula is C19H19N3O2. The van der Waals surface area contributed by atoms with Crippen molar-refractivity contribution in [1.82, 2.24) is 15.5 Å². The van der Waals surface area contributed by atoms with Gasteiger partial charge in [0.25, 0.3) is 5.91 Å². The summed E-state index contributed by atoms with van der Waals surface area (Å²) in [5, 5.41) is 6.95. The topological polar surface area (TPSA) is 68.0 Å². The molecule has 24 heavy (non-hydrogen) atoms. The average Bonchev–Trinajstić information content (AvgIpc) is 3.02. The molecular weight excluding hydrogens is 302 g/mol. The van der Waals surface area contributed by atoms with Gasteiger partial charge in [-0.3, -0.25) is 9.78 Å². The van der Waals surface area contributed by atoms with E-state index in [9.17, 15) is 4.79 Å². The van der Waals surface area contributed by atoms with Crippen LogP contribution in [-0.4, -0.2) is 22.6 Å². The number of rotatable bonds is 6. The predicted molar refractivity (Wildman–Crippen MR) is 91.6 cm³/mol. The first-order chi connectivity index (χ1) is 11.8. The lowest BCUT2D eigenvalue weighted by atomic mass is 10.1. The summed E-state index contributed by atoms with van der Waals surface area (Å²) in [6, 6.07) is 13.9. The van der Waals surface area contributed by atoms with E-state index in [-0.39, 0.29) is 5.91 Å². The van der Waals surface area contributed by atoms with Crippen molar-refractivity contribution in [1.29, 1.82) is 0 Å². The minimum atomic E-state index is -0.166. The fourth-order valence-corrected chi connectivity index (χ4v) is 2.57. The van der Waals surface area contributed by atoms with Crippen molar-refractivity contribution >= 4 is 5.91 Å². The molecule has 1 aromatic carbocycles. The lowest BCUT2D eigenvalue weighted by Crippen LogP contribution is -2.25. The van der Waals surface area contributed by atoms with Gasteiger partial charge in [0, 0.05) is 24.5 Å². The molecule has 5 nitrogen and oxygen atoms in total. The van der Waals surface area contributed by atoms with E-state index in [0.29, 0.717) is 23.6 Å². The third-order valence-electron chi connectivity index (χ3n) is 3.80. The first kappa shape index (κ1) is 15.9. The van der Waals surface area contributed by atoms with Gasteiger partial charge in [-0.15, -0.1) is 0 Å². The van der Waals surface area contributed by atoms with Gasteiger partial charge in [-0.2, -0.15) is 0 Å². The quantitative estimate of drug-likeness (QED) is 0.707. The Bertz CT molecular complexity index is 798. The maximum Gasteiger partial charge on any atom is 0.257 e. The zero-order chi connectivity index (χ0) is 16.8. The van der Waals surface area contributed by atoms with Crippen LogP contribution in [0.5, 0.6) is 0 Å². The number of aryl methyl sites for hydroxylation is 2. The van der Waals surface area contributed by atoms with E-state index < -0.39 is 0 Å². The molecule has 0 spiro atoms. The summed E-state index contributed by atoms with van der Waals surface area (Å²) in [6.45, 7) is 2.34. The second-order valence-corrected chi connectivity index (χ2v) is 5.55. The van der Waals surface area contributed by atoms with E-state index in [2.05, 4.69) is 27.6 Å². The molecule has 3 rings (SSSR count). The highest BCUT2D eigenvalue weighted by Crippen LogP contribution is 2.24. The van der Waals surface area contributed by atoms with E-state index >= 15 is 0 Å². The summed E-state index contributed by atoms with van der Waals surface area (Å²) >= 11 is 0. The summed E-state index contributed by atoms with van der Waals surface area (Å²) < 4.78 is 5.21. The largest absolute Gasteiger partial charge is 0.360 e. The molecule has 0 unspecified atom stereocenters. The number of hydrogen-bond acceptors (Lipinski definition) is 4. The number of nitrogens with zero attached hydrogens (tertiary/aromatic N) is 2. The Labute approximate surface area is 140 Å². The smallest absolute Gasteiger partial charge is 0.257 e. The molecule has 2 heterocycles. The van der Waals surface area contributed by atoms with Crippen LogP contribution in [0.4, 0.5) is 0 Å². The molecule has 0 fully saturated rings. The lowest BCUT2D eigenvalue weighted by Gasteiger charge is -2.06. The SMILES string of the molecule is Cc1onc(-c2cccnc2)c1C(=O)NCCCc1ccccc1. The van der Waals surface area contributed by atoms with Gasteiger partial charge < -0.3 is 9.84 Å². The van der Waals surface area contributed by atoms with Crippen molar-refractivity contribution in [3.8, 4) is 11.3 Å². The minimum absolute atomic E-state index is 0.166. The Morgan fingerprint density at radius 3 is 2.75 bits per heavy atom. The third kappa shape index (κ3) is 3.68. The zero-order valence-electron chi connectivity index (χ0n) is 13.5. The molecule has 1 N–H and O–H groups in total. The van der Waals surface area contributed by atoms with Crippen molar-refractivity contribution in [2.75, 3.05) is 6.54 Å². The highest BCUT2D eigenvalue weighted by molar-refractivity contribution is 6.00. The average molecular weight is 321 g/mol. The van der Waals surface area contributed by atoms with Crippen molar-refractivity contribution in [2.24, 2.45) is 0 Å². The van der Waals surface area contributed by atoms with Crippen LogP contribution >= 0.6 is 0 Å². The molecule has 122 valence electrons. The fraction of sp³-hybridized carbons (Fsp3) is 0.211. The Balaban J connectivity index is 1.62. The van der Waals surface area contributed by atoms with Gasteiger partial charge in [0.2, 0.25) is 0 Å². The van der Waals surface area contributed by atoms with Crippen molar-refractivity contribution in [3.63, 3.8) is 0 Å². The van der Waals surface area contributed by atoms with E-state index in [1.165, 1.54) is 5.56 Å². The van der Waals surface area contributed by atoms with Crippen LogP contribution in [0.1, 0.15) is 28.1 Å². The normalized spacial score (nSPS) is 10.5. The summed E-state index contributed by atoms with van der Waals surface area (Å²) in [5.41, 5.74) is 3.04. The van der Waals surface area contributed by atoms with Crippen LogP contribution < -0.4 is 5.32 Å². The number of hydrogen-bond donors (Lipinski definition) is 1. The molecule has 0 saturated carbocycles. The van der Waals surface area contributed by atoms with Gasteiger partial charge in [-0.1, -0.05) is 35.5 Å². The van der Waals surface area contributed by atoms with Gasteiger partial charge in [0.15, 0.2) is 0 Å². The molecule has 1 amide bonds. The maximum atomic E-state index is 12.5. The predicted octanol–water partition coefficient (Wildman–Crippen LogP) is 3.41. The zero-order valence-corrected chi connectivity index (χ0v) is 13.5. The van der Waals surface area contributed by atoms with Gasteiger partial charge in [-0.25, -0.2) is 0 Å². The number of carbonyl (C=O) groups is 1.